The van der Waals surface area contributed by atoms with Crippen LogP contribution in [-0.2, 0) is 6.54 Å². The van der Waals surface area contributed by atoms with E-state index in [4.69, 9.17) is 9.15 Å². The molecule has 0 aliphatic rings. The molecule has 1 unspecified atom stereocenters. The van der Waals surface area contributed by atoms with Gasteiger partial charge in [-0.25, -0.2) is 4.98 Å². The van der Waals surface area contributed by atoms with Crippen LogP contribution in [0.2, 0.25) is 0 Å². The molecule has 0 saturated heterocycles. The van der Waals surface area contributed by atoms with Gasteiger partial charge in [-0.15, -0.1) is 0 Å². The van der Waals surface area contributed by atoms with Crippen molar-refractivity contribution in [2.24, 2.45) is 0 Å². The molecule has 1 aromatic heterocycles. The predicted octanol–water partition coefficient (Wildman–Crippen LogP) is 4.37. The maximum atomic E-state index is 5.51. The Kier molecular flexibility index (Phi) is 5.23. The molecule has 2 rings (SSSR count). The van der Waals surface area contributed by atoms with Gasteiger partial charge in [0, 0.05) is 16.6 Å². The number of benzene rings is 1. The second-order valence-electron chi connectivity index (χ2n) is 4.49. The third-order valence-electron chi connectivity index (χ3n) is 2.90. The van der Waals surface area contributed by atoms with E-state index in [-0.39, 0.29) is 6.04 Å². The first-order chi connectivity index (χ1) is 9.51. The van der Waals surface area contributed by atoms with Gasteiger partial charge < -0.3 is 14.5 Å². The number of rotatable bonds is 5. The smallest absolute Gasteiger partial charge is 0.211 e. The summed E-state index contributed by atoms with van der Waals surface area (Å²) in [4.78, 5) is 4.23. The Labute approximate surface area is 135 Å². The van der Waals surface area contributed by atoms with E-state index >= 15 is 0 Å². The van der Waals surface area contributed by atoms with Crippen LogP contribution >= 0.6 is 31.9 Å². The van der Waals surface area contributed by atoms with Gasteiger partial charge in [-0.2, -0.15) is 0 Å². The molecule has 108 valence electrons. The van der Waals surface area contributed by atoms with Gasteiger partial charge in [0.15, 0.2) is 0 Å². The number of aromatic nitrogens is 1. The summed E-state index contributed by atoms with van der Waals surface area (Å²) >= 11 is 6.99. The summed E-state index contributed by atoms with van der Waals surface area (Å²) < 4.78 is 12.9. The van der Waals surface area contributed by atoms with E-state index in [1.165, 1.54) is 0 Å². The number of hydrogen-bond donors (Lipinski definition) is 1. The van der Waals surface area contributed by atoms with E-state index in [0.717, 1.165) is 26.0 Å². The number of oxazole rings is 1. The molecule has 1 atom stereocenters. The molecule has 20 heavy (non-hydrogen) atoms. The molecule has 0 bridgehead atoms. The zero-order valence-corrected chi connectivity index (χ0v) is 14.7. The van der Waals surface area contributed by atoms with Crippen LogP contribution in [-0.4, -0.2) is 12.1 Å². The normalized spacial score (nSPS) is 12.4. The van der Waals surface area contributed by atoms with E-state index < -0.39 is 0 Å². The number of aryl methyl sites for hydroxylation is 1. The highest BCUT2D eigenvalue weighted by Gasteiger charge is 2.14. The standard InChI is InChI=1S/C14H16Br2N2O2/c1-8-6-18-14(20-8)9(2)17-7-10-4-11(15)5-12(16)13(10)19-3/h4-6,9,17H,7H2,1-3H3. The van der Waals surface area contributed by atoms with Crippen LogP contribution in [0.1, 0.15) is 30.2 Å². The lowest BCUT2D eigenvalue weighted by Gasteiger charge is -2.14. The highest BCUT2D eigenvalue weighted by Crippen LogP contribution is 2.32. The minimum absolute atomic E-state index is 0.0335. The molecular formula is C14H16Br2N2O2. The summed E-state index contributed by atoms with van der Waals surface area (Å²) in [5.41, 5.74) is 1.06. The summed E-state index contributed by atoms with van der Waals surface area (Å²) in [5, 5.41) is 3.38. The maximum Gasteiger partial charge on any atom is 0.211 e. The van der Waals surface area contributed by atoms with Gasteiger partial charge in [0.2, 0.25) is 5.89 Å². The molecule has 1 heterocycles. The van der Waals surface area contributed by atoms with Gasteiger partial charge >= 0.3 is 0 Å². The molecule has 0 fully saturated rings. The van der Waals surface area contributed by atoms with Crippen molar-refractivity contribution in [2.75, 3.05) is 7.11 Å². The predicted molar refractivity (Wildman–Crippen MR) is 84.9 cm³/mol. The van der Waals surface area contributed by atoms with Crippen molar-refractivity contribution in [1.82, 2.24) is 10.3 Å². The molecule has 0 aliphatic heterocycles. The van der Waals surface area contributed by atoms with Crippen molar-refractivity contribution < 1.29 is 9.15 Å². The van der Waals surface area contributed by atoms with Crippen LogP contribution in [0.3, 0.4) is 0 Å². The fraction of sp³-hybridized carbons (Fsp3) is 0.357. The molecular weight excluding hydrogens is 388 g/mol. The third-order valence-corrected chi connectivity index (χ3v) is 3.94. The van der Waals surface area contributed by atoms with Crippen LogP contribution < -0.4 is 10.1 Å². The quantitative estimate of drug-likeness (QED) is 0.805. The topological polar surface area (TPSA) is 47.3 Å². The first kappa shape index (κ1) is 15.5. The van der Waals surface area contributed by atoms with Gasteiger partial charge in [-0.1, -0.05) is 15.9 Å². The number of nitrogens with zero attached hydrogens (tertiary/aromatic N) is 1. The van der Waals surface area contributed by atoms with Gasteiger partial charge in [0.25, 0.3) is 0 Å². The van der Waals surface area contributed by atoms with Crippen LogP contribution in [0, 0.1) is 6.92 Å². The maximum absolute atomic E-state index is 5.51. The molecule has 0 spiro atoms. The molecule has 0 radical (unpaired) electrons. The average Bonchev–Trinajstić information content (AvgIpc) is 2.82. The number of methoxy groups -OCH3 is 1. The highest BCUT2D eigenvalue weighted by molar-refractivity contribution is 9.11. The Balaban J connectivity index is 2.10. The highest BCUT2D eigenvalue weighted by atomic mass is 79.9. The Bertz CT molecular complexity index is 599. The molecule has 6 heteroatoms. The van der Waals surface area contributed by atoms with E-state index in [0.29, 0.717) is 12.4 Å². The van der Waals surface area contributed by atoms with E-state index in [1.807, 2.05) is 26.0 Å². The first-order valence-electron chi connectivity index (χ1n) is 6.19. The summed E-state index contributed by atoms with van der Waals surface area (Å²) in [5.74, 6) is 2.34. The number of ether oxygens (including phenoxy) is 1. The van der Waals surface area contributed by atoms with E-state index in [9.17, 15) is 0 Å². The summed E-state index contributed by atoms with van der Waals surface area (Å²) in [6.45, 7) is 4.56. The molecule has 4 nitrogen and oxygen atoms in total. The summed E-state index contributed by atoms with van der Waals surface area (Å²) in [6.07, 6.45) is 1.73. The van der Waals surface area contributed by atoms with Crippen molar-refractivity contribution in [3.63, 3.8) is 0 Å². The monoisotopic (exact) mass is 402 g/mol. The molecule has 0 amide bonds. The van der Waals surface area contributed by atoms with Crippen LogP contribution in [0.4, 0.5) is 0 Å². The van der Waals surface area contributed by atoms with Crippen LogP contribution in [0.15, 0.2) is 31.7 Å². The first-order valence-corrected chi connectivity index (χ1v) is 7.77. The fourth-order valence-electron chi connectivity index (χ4n) is 1.90. The average molecular weight is 404 g/mol. The van der Waals surface area contributed by atoms with Gasteiger partial charge in [-0.05, 0) is 41.9 Å². The SMILES string of the molecule is COc1c(Br)cc(Br)cc1CNC(C)c1ncc(C)o1. The number of hydrogen-bond acceptors (Lipinski definition) is 4. The van der Waals surface area contributed by atoms with Crippen molar-refractivity contribution >= 4 is 31.9 Å². The van der Waals surface area contributed by atoms with Gasteiger partial charge in [0.05, 0.1) is 23.8 Å². The lowest BCUT2D eigenvalue weighted by Crippen LogP contribution is -2.18. The van der Waals surface area contributed by atoms with Crippen LogP contribution in [0.25, 0.3) is 0 Å². The lowest BCUT2D eigenvalue weighted by atomic mass is 10.2. The lowest BCUT2D eigenvalue weighted by molar-refractivity contribution is 0.388. The minimum atomic E-state index is 0.0335. The fourth-order valence-corrected chi connectivity index (χ4v) is 3.37. The van der Waals surface area contributed by atoms with Crippen molar-refractivity contribution in [3.05, 3.63) is 44.5 Å². The zero-order chi connectivity index (χ0) is 14.7. The molecule has 1 aromatic carbocycles. The largest absolute Gasteiger partial charge is 0.495 e. The number of halogens is 2. The van der Waals surface area contributed by atoms with E-state index in [2.05, 4.69) is 42.2 Å². The molecule has 1 N–H and O–H groups in total. The second kappa shape index (κ2) is 6.74. The molecule has 2 aromatic rings. The van der Waals surface area contributed by atoms with Gasteiger partial charge in [-0.3, -0.25) is 0 Å². The minimum Gasteiger partial charge on any atom is -0.495 e. The Morgan fingerprint density at radius 2 is 2.15 bits per heavy atom. The van der Waals surface area contributed by atoms with E-state index in [1.54, 1.807) is 13.3 Å². The van der Waals surface area contributed by atoms with Crippen LogP contribution in [0.5, 0.6) is 5.75 Å². The van der Waals surface area contributed by atoms with Crippen molar-refractivity contribution in [1.29, 1.82) is 0 Å². The Morgan fingerprint density at radius 3 is 2.75 bits per heavy atom. The Morgan fingerprint density at radius 1 is 1.40 bits per heavy atom. The van der Waals surface area contributed by atoms with Gasteiger partial charge in [0.1, 0.15) is 11.5 Å². The summed E-state index contributed by atoms with van der Waals surface area (Å²) in [7, 11) is 1.67. The summed E-state index contributed by atoms with van der Waals surface area (Å²) in [6, 6.07) is 4.03. The zero-order valence-electron chi connectivity index (χ0n) is 11.5. The third kappa shape index (κ3) is 3.62. The second-order valence-corrected chi connectivity index (χ2v) is 6.26. The van der Waals surface area contributed by atoms with Crippen molar-refractivity contribution in [2.45, 2.75) is 26.4 Å². The number of nitrogens with one attached hydrogen (secondary N) is 1. The Hall–Kier alpha value is -0.850. The molecule has 0 aliphatic carbocycles. The van der Waals surface area contributed by atoms with Crippen molar-refractivity contribution in [3.8, 4) is 5.75 Å². The molecule has 0 saturated carbocycles.